The van der Waals surface area contributed by atoms with Gasteiger partial charge >= 0.3 is 0 Å². The average Bonchev–Trinajstić information content (AvgIpc) is 3.28. The normalized spacial score (nSPS) is 11.1. The van der Waals surface area contributed by atoms with Crippen molar-refractivity contribution >= 4 is 44.8 Å². The molecular weight excluding hydrogens is 677 g/mol. The number of benzene rings is 3. The van der Waals surface area contributed by atoms with Crippen LogP contribution in [-0.4, -0.2) is 18.0 Å². The minimum Gasteiger partial charge on any atom is -0.305 e. The number of thiophene rings is 1. The predicted octanol–water partition coefficient (Wildman–Crippen LogP) is 8.63. The van der Waals surface area contributed by atoms with Crippen LogP contribution in [0, 0.1) is 26.0 Å². The fraction of sp³-hybridized carbons (Fsp3) is 0.152. The Morgan fingerprint density at radius 3 is 2.26 bits per heavy atom. The van der Waals surface area contributed by atoms with Gasteiger partial charge in [0.1, 0.15) is 0 Å². The van der Waals surface area contributed by atoms with Crippen LogP contribution in [-0.2, 0) is 20.1 Å². The molecule has 3 heterocycles. The molecule has 0 bridgehead atoms. The molecule has 1 radical (unpaired) electrons. The van der Waals surface area contributed by atoms with Gasteiger partial charge in [0, 0.05) is 37.2 Å². The second-order valence-corrected chi connectivity index (χ2v) is 16.5. The third-order valence-corrected chi connectivity index (χ3v) is 9.61. The molecule has 0 amide bonds. The van der Waals surface area contributed by atoms with Gasteiger partial charge in [-0.2, -0.15) is 11.3 Å². The quantitative estimate of drug-likeness (QED) is 0.136. The Morgan fingerprint density at radius 1 is 0.737 bits per heavy atom. The minimum absolute atomic E-state index is 0. The predicted molar refractivity (Wildman–Crippen MR) is 162 cm³/mol. The molecule has 0 fully saturated rings. The van der Waals surface area contributed by atoms with Gasteiger partial charge in [-0.1, -0.05) is 66.1 Å². The van der Waals surface area contributed by atoms with Crippen molar-refractivity contribution in [1.29, 1.82) is 0 Å². The van der Waals surface area contributed by atoms with Crippen molar-refractivity contribution in [2.75, 3.05) is 0 Å². The largest absolute Gasteiger partial charge is 0.305 e. The Bertz CT molecular complexity index is 1670. The molecule has 6 aromatic rings. The van der Waals surface area contributed by atoms with E-state index in [0.717, 1.165) is 22.5 Å². The van der Waals surface area contributed by atoms with E-state index in [0.29, 0.717) is 0 Å². The third kappa shape index (κ3) is 6.19. The van der Waals surface area contributed by atoms with Crippen molar-refractivity contribution in [3.05, 3.63) is 115 Å². The molecular formula is C33H30IrN2SSi-2. The number of aryl methyl sites for hydroxylation is 2. The summed E-state index contributed by atoms with van der Waals surface area (Å²) >= 11 is 1.85. The van der Waals surface area contributed by atoms with Crippen molar-refractivity contribution < 1.29 is 20.1 Å². The van der Waals surface area contributed by atoms with Crippen LogP contribution < -0.4 is 5.19 Å². The number of aromatic nitrogens is 2. The molecule has 0 aliphatic carbocycles. The first-order valence-corrected chi connectivity index (χ1v) is 16.8. The molecule has 0 saturated heterocycles. The van der Waals surface area contributed by atoms with E-state index in [2.05, 4.69) is 85.1 Å². The van der Waals surface area contributed by atoms with Crippen LogP contribution in [0.25, 0.3) is 42.7 Å². The van der Waals surface area contributed by atoms with Crippen LogP contribution in [0.15, 0.2) is 91.3 Å². The van der Waals surface area contributed by atoms with Gasteiger partial charge in [0.05, 0.1) is 8.07 Å². The van der Waals surface area contributed by atoms with Crippen molar-refractivity contribution in [3.63, 3.8) is 0 Å². The molecule has 5 heteroatoms. The molecule has 6 rings (SSSR count). The maximum Gasteiger partial charge on any atom is 0.0776 e. The molecule has 3 aromatic carbocycles. The third-order valence-electron chi connectivity index (χ3n) is 6.37. The van der Waals surface area contributed by atoms with E-state index in [1.807, 2.05) is 73.1 Å². The zero-order valence-corrected chi connectivity index (χ0v) is 26.5. The van der Waals surface area contributed by atoms with Gasteiger partial charge in [-0.15, -0.1) is 59.7 Å². The van der Waals surface area contributed by atoms with Gasteiger partial charge < -0.3 is 9.97 Å². The summed E-state index contributed by atoms with van der Waals surface area (Å²) in [6.45, 7) is 11.3. The molecule has 0 spiro atoms. The minimum atomic E-state index is -1.31. The first kappa shape index (κ1) is 28.1. The molecule has 2 nitrogen and oxygen atoms in total. The van der Waals surface area contributed by atoms with E-state index in [9.17, 15) is 0 Å². The number of hydrogen-bond donors (Lipinski definition) is 0. The van der Waals surface area contributed by atoms with E-state index in [4.69, 9.17) is 0 Å². The molecule has 3 aromatic heterocycles. The molecule has 0 aliphatic heterocycles. The molecule has 193 valence electrons. The zero-order chi connectivity index (χ0) is 26.0. The number of fused-ring (bicyclic) bond motifs is 3. The summed E-state index contributed by atoms with van der Waals surface area (Å²) in [5, 5.41) is 4.21. The average molecular weight is 707 g/mol. The maximum absolute atomic E-state index is 4.57. The van der Waals surface area contributed by atoms with Crippen molar-refractivity contribution in [2.24, 2.45) is 0 Å². The summed E-state index contributed by atoms with van der Waals surface area (Å²) < 4.78 is 2.64. The number of nitrogens with zero attached hydrogens (tertiary/aromatic N) is 2. The molecule has 0 aliphatic rings. The molecule has 0 unspecified atom stereocenters. The van der Waals surface area contributed by atoms with Crippen LogP contribution in [0.5, 0.6) is 0 Å². The van der Waals surface area contributed by atoms with Gasteiger partial charge in [-0.25, -0.2) is 0 Å². The summed E-state index contributed by atoms with van der Waals surface area (Å²) in [7, 11) is -1.31. The number of rotatable bonds is 3. The van der Waals surface area contributed by atoms with Crippen molar-refractivity contribution in [2.45, 2.75) is 33.5 Å². The van der Waals surface area contributed by atoms with Crippen LogP contribution in [0.1, 0.15) is 11.1 Å². The monoisotopic (exact) mass is 707 g/mol. The summed E-state index contributed by atoms with van der Waals surface area (Å²) in [5.74, 6) is 0. The van der Waals surface area contributed by atoms with Gasteiger partial charge in [0.2, 0.25) is 0 Å². The van der Waals surface area contributed by atoms with E-state index in [-0.39, 0.29) is 20.1 Å². The van der Waals surface area contributed by atoms with Crippen LogP contribution in [0.4, 0.5) is 0 Å². The SMILES string of the molecule is Cc1ccc(-c2[c-]cccc2)nc1.Cc1ccnc(-c2[c-]ccc3c2sc2ccc([Si](C)(C)C)cc23)c1.[Ir]. The molecule has 0 saturated carbocycles. The van der Waals surface area contributed by atoms with E-state index in [1.165, 1.54) is 36.5 Å². The van der Waals surface area contributed by atoms with E-state index >= 15 is 0 Å². The van der Waals surface area contributed by atoms with Gasteiger partial charge in [0.25, 0.3) is 0 Å². The maximum atomic E-state index is 4.57. The second-order valence-electron chi connectivity index (χ2n) is 10.4. The van der Waals surface area contributed by atoms with Crippen molar-refractivity contribution in [3.8, 4) is 22.5 Å². The first-order chi connectivity index (χ1) is 17.8. The van der Waals surface area contributed by atoms with E-state index in [1.54, 1.807) is 0 Å². The van der Waals surface area contributed by atoms with Crippen molar-refractivity contribution in [1.82, 2.24) is 9.97 Å². The summed E-state index contributed by atoms with van der Waals surface area (Å²) in [6, 6.07) is 33.9. The van der Waals surface area contributed by atoms with Gasteiger partial charge in [-0.3, -0.25) is 0 Å². The van der Waals surface area contributed by atoms with Crippen LogP contribution in [0.3, 0.4) is 0 Å². The zero-order valence-electron chi connectivity index (χ0n) is 22.3. The Balaban J connectivity index is 0.000000204. The fourth-order valence-corrected chi connectivity index (χ4v) is 6.60. The van der Waals surface area contributed by atoms with Crippen LogP contribution >= 0.6 is 11.3 Å². The summed E-state index contributed by atoms with van der Waals surface area (Å²) in [4.78, 5) is 8.89. The topological polar surface area (TPSA) is 25.8 Å². The van der Waals surface area contributed by atoms with Gasteiger partial charge in [-0.05, 0) is 53.0 Å². The number of pyridine rings is 2. The molecule has 0 atom stereocenters. The first-order valence-electron chi connectivity index (χ1n) is 12.5. The number of hydrogen-bond acceptors (Lipinski definition) is 3. The summed E-state index contributed by atoms with van der Waals surface area (Å²) in [6.07, 6.45) is 3.75. The second kappa shape index (κ2) is 11.8. The van der Waals surface area contributed by atoms with Gasteiger partial charge in [0.15, 0.2) is 0 Å². The Kier molecular flexibility index (Phi) is 8.74. The molecule has 38 heavy (non-hydrogen) atoms. The fourth-order valence-electron chi connectivity index (χ4n) is 4.25. The smallest absolute Gasteiger partial charge is 0.0776 e. The summed E-state index contributed by atoms with van der Waals surface area (Å²) in [5.41, 5.74) is 6.56. The standard InChI is InChI=1S/C21H20NSSi.C12H10N.Ir/c1-14-10-11-22-19(12-14)17-7-5-6-16-18-13-15(24(2,3)4)8-9-20(18)23-21(16)17;1-10-7-8-12(13-9-10)11-5-3-2-4-6-11;/h5-6,8-13H,1-4H3;2-5,7-9H,1H3;/q2*-1;. The van der Waals surface area contributed by atoms with E-state index < -0.39 is 8.07 Å². The van der Waals surface area contributed by atoms with Crippen LogP contribution in [0.2, 0.25) is 19.6 Å². The Labute approximate surface area is 244 Å². The Morgan fingerprint density at radius 2 is 1.58 bits per heavy atom. The Hall–Kier alpha value is -2.95. The molecule has 0 N–H and O–H groups in total.